The van der Waals surface area contributed by atoms with Crippen molar-refractivity contribution in [1.82, 2.24) is 10.2 Å². The molecule has 0 radical (unpaired) electrons. The maximum atomic E-state index is 13.7. The third-order valence-electron chi connectivity index (χ3n) is 5.41. The highest BCUT2D eigenvalue weighted by molar-refractivity contribution is 7.92. The van der Waals surface area contributed by atoms with Crippen LogP contribution in [0.1, 0.15) is 38.3 Å². The predicted molar refractivity (Wildman–Crippen MR) is 137 cm³/mol. The molecule has 2 aromatic rings. The molecule has 0 aliphatic rings. The Kier molecular flexibility index (Phi) is 10.1. The zero-order chi connectivity index (χ0) is 26.3. The summed E-state index contributed by atoms with van der Waals surface area (Å²) in [6.45, 7) is 7.67. The number of benzene rings is 2. The van der Waals surface area contributed by atoms with Gasteiger partial charge in [0.15, 0.2) is 0 Å². The van der Waals surface area contributed by atoms with Gasteiger partial charge in [-0.25, -0.2) is 12.8 Å². The van der Waals surface area contributed by atoms with Crippen molar-refractivity contribution < 1.29 is 22.4 Å². The molecule has 0 saturated carbocycles. The van der Waals surface area contributed by atoms with E-state index < -0.39 is 34.3 Å². The summed E-state index contributed by atoms with van der Waals surface area (Å²) < 4.78 is 39.7. The van der Waals surface area contributed by atoms with Crippen molar-refractivity contribution in [1.29, 1.82) is 0 Å². The summed E-state index contributed by atoms with van der Waals surface area (Å²) >= 11 is 5.86. The lowest BCUT2D eigenvalue weighted by Crippen LogP contribution is -2.52. The van der Waals surface area contributed by atoms with Gasteiger partial charge in [-0.1, -0.05) is 62.2 Å². The van der Waals surface area contributed by atoms with E-state index >= 15 is 0 Å². The Bertz CT molecular complexity index is 1140. The molecule has 0 saturated heterocycles. The topological polar surface area (TPSA) is 86.8 Å². The van der Waals surface area contributed by atoms with Gasteiger partial charge in [0, 0.05) is 13.1 Å². The summed E-state index contributed by atoms with van der Waals surface area (Å²) in [4.78, 5) is 28.0. The normalized spacial score (nSPS) is 12.3. The van der Waals surface area contributed by atoms with Crippen molar-refractivity contribution in [3.63, 3.8) is 0 Å². The number of anilines is 1. The SMILES string of the molecule is CCC(C(=O)NCC(C)C)N(Cc1ccc(C)cc1)C(=O)CN(c1ccc(F)c(Cl)c1)S(C)(=O)=O. The largest absolute Gasteiger partial charge is 0.354 e. The van der Waals surface area contributed by atoms with Crippen LogP contribution in [0.25, 0.3) is 0 Å². The summed E-state index contributed by atoms with van der Waals surface area (Å²) in [6.07, 6.45) is 1.29. The number of aryl methyl sites for hydroxylation is 1. The number of halogens is 2. The van der Waals surface area contributed by atoms with Gasteiger partial charge in [-0.3, -0.25) is 13.9 Å². The molecule has 2 rings (SSSR count). The van der Waals surface area contributed by atoms with Crippen molar-refractivity contribution >= 4 is 39.1 Å². The molecule has 2 amide bonds. The van der Waals surface area contributed by atoms with Gasteiger partial charge in [0.1, 0.15) is 18.4 Å². The van der Waals surface area contributed by atoms with Gasteiger partial charge in [-0.05, 0) is 43.0 Å². The second-order valence-electron chi connectivity index (χ2n) is 8.94. The Labute approximate surface area is 212 Å². The van der Waals surface area contributed by atoms with Crippen molar-refractivity contribution in [2.24, 2.45) is 5.92 Å². The zero-order valence-electron chi connectivity index (χ0n) is 20.7. The smallest absolute Gasteiger partial charge is 0.244 e. The van der Waals surface area contributed by atoms with Crippen LogP contribution in [0.4, 0.5) is 10.1 Å². The number of hydrogen-bond donors (Lipinski definition) is 1. The highest BCUT2D eigenvalue weighted by atomic mass is 35.5. The minimum atomic E-state index is -3.92. The van der Waals surface area contributed by atoms with Gasteiger partial charge in [0.2, 0.25) is 21.8 Å². The van der Waals surface area contributed by atoms with Crippen molar-refractivity contribution in [2.45, 2.75) is 46.7 Å². The molecular formula is C25H33ClFN3O4S. The summed E-state index contributed by atoms with van der Waals surface area (Å²) in [6, 6.07) is 10.2. The number of sulfonamides is 1. The van der Waals surface area contributed by atoms with E-state index in [0.29, 0.717) is 13.0 Å². The predicted octanol–water partition coefficient (Wildman–Crippen LogP) is 4.13. The first-order chi connectivity index (χ1) is 16.3. The van der Waals surface area contributed by atoms with Crippen LogP contribution in [0.2, 0.25) is 5.02 Å². The first-order valence-electron chi connectivity index (χ1n) is 11.4. The molecule has 10 heteroatoms. The first kappa shape index (κ1) is 28.6. The fourth-order valence-corrected chi connectivity index (χ4v) is 4.50. The second kappa shape index (κ2) is 12.4. The third-order valence-corrected chi connectivity index (χ3v) is 6.84. The van der Waals surface area contributed by atoms with E-state index in [4.69, 9.17) is 11.6 Å². The third kappa shape index (κ3) is 8.21. The number of rotatable bonds is 11. The minimum absolute atomic E-state index is 0.0554. The van der Waals surface area contributed by atoms with E-state index in [2.05, 4.69) is 5.32 Å². The lowest BCUT2D eigenvalue weighted by Gasteiger charge is -2.33. The van der Waals surface area contributed by atoms with Crippen molar-refractivity contribution in [3.8, 4) is 0 Å². The van der Waals surface area contributed by atoms with Crippen LogP contribution in [0.5, 0.6) is 0 Å². The molecule has 2 aromatic carbocycles. The van der Waals surface area contributed by atoms with Crippen LogP contribution in [-0.2, 0) is 26.2 Å². The Morgan fingerprint density at radius 2 is 1.74 bits per heavy atom. The monoisotopic (exact) mass is 525 g/mol. The Morgan fingerprint density at radius 3 is 2.26 bits per heavy atom. The standard InChI is InChI=1S/C25H33ClFN3O4S/c1-6-23(25(32)28-14-17(2)3)29(15-19-9-7-18(4)8-10-19)24(31)16-30(35(5,33)34)20-11-12-22(27)21(26)13-20/h7-13,17,23H,6,14-16H2,1-5H3,(H,28,32). The molecule has 35 heavy (non-hydrogen) atoms. The van der Waals surface area contributed by atoms with E-state index in [1.165, 1.54) is 11.0 Å². The molecule has 0 fully saturated rings. The average Bonchev–Trinajstić information content (AvgIpc) is 2.78. The molecule has 0 heterocycles. The van der Waals surface area contributed by atoms with Crippen LogP contribution < -0.4 is 9.62 Å². The molecule has 1 atom stereocenters. The van der Waals surface area contributed by atoms with Crippen molar-refractivity contribution in [3.05, 3.63) is 64.4 Å². The van der Waals surface area contributed by atoms with Crippen LogP contribution in [0.3, 0.4) is 0 Å². The fraction of sp³-hybridized carbons (Fsp3) is 0.440. The van der Waals surface area contributed by atoms with Crippen molar-refractivity contribution in [2.75, 3.05) is 23.7 Å². The number of amides is 2. The molecule has 1 N–H and O–H groups in total. The molecule has 192 valence electrons. The summed E-state index contributed by atoms with van der Waals surface area (Å²) in [5.74, 6) is -1.36. The average molecular weight is 526 g/mol. The zero-order valence-corrected chi connectivity index (χ0v) is 22.3. The quantitative estimate of drug-likeness (QED) is 0.478. The minimum Gasteiger partial charge on any atom is -0.354 e. The summed E-state index contributed by atoms with van der Waals surface area (Å²) in [5.41, 5.74) is 1.90. The van der Waals surface area contributed by atoms with Crippen LogP contribution in [0, 0.1) is 18.7 Å². The lowest BCUT2D eigenvalue weighted by molar-refractivity contribution is -0.140. The number of carbonyl (C=O) groups is 2. The number of carbonyl (C=O) groups excluding carboxylic acids is 2. The maximum Gasteiger partial charge on any atom is 0.244 e. The van der Waals surface area contributed by atoms with Gasteiger partial charge in [-0.15, -0.1) is 0 Å². The number of hydrogen-bond acceptors (Lipinski definition) is 4. The Hall–Kier alpha value is -2.65. The number of nitrogens with zero attached hydrogens (tertiary/aromatic N) is 2. The number of nitrogens with one attached hydrogen (secondary N) is 1. The maximum absolute atomic E-state index is 13.7. The van der Waals surface area contributed by atoms with E-state index in [1.54, 1.807) is 6.92 Å². The van der Waals surface area contributed by atoms with Crippen LogP contribution >= 0.6 is 11.6 Å². The molecular weight excluding hydrogens is 493 g/mol. The van der Waals surface area contributed by atoms with Crippen LogP contribution in [-0.4, -0.2) is 50.5 Å². The first-order valence-corrected chi connectivity index (χ1v) is 13.6. The van der Waals surface area contributed by atoms with Crippen LogP contribution in [0.15, 0.2) is 42.5 Å². The van der Waals surface area contributed by atoms with E-state index in [9.17, 15) is 22.4 Å². The van der Waals surface area contributed by atoms with Gasteiger partial charge in [0.25, 0.3) is 0 Å². The second-order valence-corrected chi connectivity index (χ2v) is 11.3. The molecule has 0 aromatic heterocycles. The molecule has 7 nitrogen and oxygen atoms in total. The molecule has 1 unspecified atom stereocenters. The molecule has 0 spiro atoms. The Balaban J connectivity index is 2.43. The lowest BCUT2D eigenvalue weighted by atomic mass is 10.1. The van der Waals surface area contributed by atoms with Gasteiger partial charge in [0.05, 0.1) is 17.0 Å². The molecule has 0 aliphatic heterocycles. The fourth-order valence-electron chi connectivity index (χ4n) is 3.49. The van der Waals surface area contributed by atoms with Gasteiger partial charge in [-0.2, -0.15) is 0 Å². The van der Waals surface area contributed by atoms with E-state index in [0.717, 1.165) is 33.8 Å². The van der Waals surface area contributed by atoms with E-state index in [-0.39, 0.29) is 29.1 Å². The molecule has 0 aliphatic carbocycles. The highest BCUT2D eigenvalue weighted by Crippen LogP contribution is 2.25. The van der Waals surface area contributed by atoms with Gasteiger partial charge < -0.3 is 10.2 Å². The van der Waals surface area contributed by atoms with Gasteiger partial charge >= 0.3 is 0 Å². The highest BCUT2D eigenvalue weighted by Gasteiger charge is 2.32. The summed E-state index contributed by atoms with van der Waals surface area (Å²) in [5, 5.41) is 2.60. The van der Waals surface area contributed by atoms with E-state index in [1.807, 2.05) is 45.0 Å². The molecule has 0 bridgehead atoms. The Morgan fingerprint density at radius 1 is 1.11 bits per heavy atom. The summed E-state index contributed by atoms with van der Waals surface area (Å²) in [7, 11) is -3.92.